The van der Waals surface area contributed by atoms with Gasteiger partial charge in [-0.1, -0.05) is 23.7 Å². The fourth-order valence-electron chi connectivity index (χ4n) is 3.93. The van der Waals surface area contributed by atoms with Crippen molar-refractivity contribution in [2.45, 2.75) is 18.1 Å². The number of halogens is 1. The minimum atomic E-state index is -1.53. The van der Waals surface area contributed by atoms with Crippen LogP contribution in [0.3, 0.4) is 0 Å². The molecule has 0 spiro atoms. The Kier molecular flexibility index (Phi) is 5.41. The van der Waals surface area contributed by atoms with Crippen LogP contribution in [0.4, 0.5) is 0 Å². The predicted octanol–water partition coefficient (Wildman–Crippen LogP) is 4.00. The number of allylic oxidation sites excluding steroid dienone is 1. The number of aliphatic hydroxyl groups is 1. The number of carbonyl (C=O) groups excluding carboxylic acids is 1. The first kappa shape index (κ1) is 20.6. The smallest absolute Gasteiger partial charge is 0.231 e. The summed E-state index contributed by atoms with van der Waals surface area (Å²) >= 11 is 7.27. The highest BCUT2D eigenvalue weighted by Crippen LogP contribution is 2.52. The Morgan fingerprint density at radius 3 is 2.60 bits per heavy atom. The average molecular weight is 443 g/mol. The van der Waals surface area contributed by atoms with Crippen molar-refractivity contribution in [2.24, 2.45) is 0 Å². The lowest BCUT2D eigenvalue weighted by molar-refractivity contribution is -0.149. The number of methoxy groups -OCH3 is 2. The van der Waals surface area contributed by atoms with Gasteiger partial charge in [0, 0.05) is 28.5 Å². The van der Waals surface area contributed by atoms with Crippen LogP contribution in [0.25, 0.3) is 0 Å². The molecule has 8 heteroatoms. The highest BCUT2D eigenvalue weighted by Gasteiger charge is 2.52. The van der Waals surface area contributed by atoms with Crippen molar-refractivity contribution >= 4 is 29.3 Å². The molecule has 0 saturated carbocycles. The van der Waals surface area contributed by atoms with Crippen LogP contribution >= 0.6 is 23.4 Å². The van der Waals surface area contributed by atoms with Crippen LogP contribution < -0.4 is 9.47 Å². The van der Waals surface area contributed by atoms with E-state index in [9.17, 15) is 15.2 Å². The Bertz CT molecular complexity index is 1080. The van der Waals surface area contributed by atoms with E-state index in [1.165, 1.54) is 16.7 Å². The first-order chi connectivity index (χ1) is 14.4. The summed E-state index contributed by atoms with van der Waals surface area (Å²) in [6.45, 7) is 0. The molecule has 2 atom stereocenters. The first-order valence-electron chi connectivity index (χ1n) is 9.23. The summed E-state index contributed by atoms with van der Waals surface area (Å²) < 4.78 is 10.8. The van der Waals surface area contributed by atoms with Gasteiger partial charge in [-0.25, -0.2) is 0 Å². The lowest BCUT2D eigenvalue weighted by Crippen LogP contribution is -2.48. The lowest BCUT2D eigenvalue weighted by atomic mass is 9.85. The zero-order valence-corrected chi connectivity index (χ0v) is 18.0. The summed E-state index contributed by atoms with van der Waals surface area (Å²) in [5.74, 6) is 0.661. The van der Waals surface area contributed by atoms with Gasteiger partial charge < -0.3 is 14.6 Å². The van der Waals surface area contributed by atoms with E-state index in [1.54, 1.807) is 56.7 Å². The summed E-state index contributed by atoms with van der Waals surface area (Å²) in [4.78, 5) is 14.6. The third kappa shape index (κ3) is 3.21. The third-order valence-electron chi connectivity index (χ3n) is 5.43. The van der Waals surface area contributed by atoms with Crippen molar-refractivity contribution in [1.82, 2.24) is 4.90 Å². The van der Waals surface area contributed by atoms with Crippen LogP contribution in [-0.2, 0) is 10.5 Å². The Hall–Kier alpha value is -2.66. The number of thioether (sulfide) groups is 1. The quantitative estimate of drug-likeness (QED) is 0.770. The van der Waals surface area contributed by atoms with Crippen molar-refractivity contribution in [3.8, 4) is 17.6 Å². The number of amides is 1. The second-order valence-electron chi connectivity index (χ2n) is 7.04. The monoisotopic (exact) mass is 442 g/mol. The normalized spacial score (nSPS) is 23.2. The molecule has 2 aromatic rings. The molecule has 6 nitrogen and oxygen atoms in total. The average Bonchev–Trinajstić information content (AvgIpc) is 3.12. The van der Waals surface area contributed by atoms with E-state index in [2.05, 4.69) is 6.07 Å². The molecule has 2 aliphatic heterocycles. The molecule has 2 aliphatic rings. The Labute approximate surface area is 183 Å². The van der Waals surface area contributed by atoms with Gasteiger partial charge in [0.1, 0.15) is 11.5 Å². The van der Waals surface area contributed by atoms with Crippen LogP contribution in [0, 0.1) is 11.3 Å². The standard InChI is InChI=1S/C22H19ClN2O4S/c1-28-15-7-8-19(29-2)17(9-15)16-10-20(26)25-21(18(16)11-24)30-12-22(25,27)13-3-5-14(23)6-4-13/h3-9,16,27H,10,12H2,1-2H3/t16-,22+/m1/s1. The summed E-state index contributed by atoms with van der Waals surface area (Å²) in [5.41, 5.74) is 0.151. The fraction of sp³-hybridized carbons (Fsp3) is 0.273. The van der Waals surface area contributed by atoms with E-state index < -0.39 is 11.6 Å². The molecule has 30 heavy (non-hydrogen) atoms. The van der Waals surface area contributed by atoms with Gasteiger partial charge in [0.05, 0.1) is 36.6 Å². The summed E-state index contributed by atoms with van der Waals surface area (Å²) in [6.07, 6.45) is 0.0341. The van der Waals surface area contributed by atoms with E-state index in [4.69, 9.17) is 21.1 Å². The molecule has 1 saturated heterocycles. The Morgan fingerprint density at radius 2 is 1.97 bits per heavy atom. The maximum Gasteiger partial charge on any atom is 0.231 e. The number of hydrogen-bond acceptors (Lipinski definition) is 6. The van der Waals surface area contributed by atoms with Crippen molar-refractivity contribution in [3.63, 3.8) is 0 Å². The number of rotatable bonds is 4. The minimum absolute atomic E-state index is 0.0341. The number of carbonyl (C=O) groups is 1. The van der Waals surface area contributed by atoms with Crippen LogP contribution in [0.15, 0.2) is 53.1 Å². The topological polar surface area (TPSA) is 82.8 Å². The van der Waals surface area contributed by atoms with Gasteiger partial charge in [0.25, 0.3) is 0 Å². The molecule has 1 fully saturated rings. The maximum atomic E-state index is 13.2. The van der Waals surface area contributed by atoms with Crippen molar-refractivity contribution in [3.05, 3.63) is 69.2 Å². The highest BCUT2D eigenvalue weighted by atomic mass is 35.5. The van der Waals surface area contributed by atoms with Crippen LogP contribution in [0.5, 0.6) is 11.5 Å². The third-order valence-corrected chi connectivity index (χ3v) is 6.90. The van der Waals surface area contributed by atoms with Gasteiger partial charge in [-0.15, -0.1) is 11.8 Å². The number of hydrogen-bond donors (Lipinski definition) is 1. The van der Waals surface area contributed by atoms with Crippen molar-refractivity contribution < 1.29 is 19.4 Å². The molecule has 2 heterocycles. The Morgan fingerprint density at radius 1 is 1.23 bits per heavy atom. The predicted molar refractivity (Wildman–Crippen MR) is 114 cm³/mol. The number of nitrogens with zero attached hydrogens (tertiary/aromatic N) is 2. The van der Waals surface area contributed by atoms with Gasteiger partial charge in [-0.3, -0.25) is 9.69 Å². The summed E-state index contributed by atoms with van der Waals surface area (Å²) in [6, 6.07) is 14.3. The van der Waals surface area contributed by atoms with Gasteiger partial charge in [-0.2, -0.15) is 5.26 Å². The summed E-state index contributed by atoms with van der Waals surface area (Å²) in [7, 11) is 3.10. The first-order valence-corrected chi connectivity index (χ1v) is 10.6. The van der Waals surface area contributed by atoms with Crippen LogP contribution in [0.2, 0.25) is 5.02 Å². The SMILES string of the molecule is COc1ccc(OC)c([C@H]2CC(=O)N3C(=C2C#N)SC[C@]3(O)c2ccc(Cl)cc2)c1. The van der Waals surface area contributed by atoms with E-state index in [0.717, 1.165) is 0 Å². The van der Waals surface area contributed by atoms with E-state index >= 15 is 0 Å². The Balaban J connectivity index is 1.83. The highest BCUT2D eigenvalue weighted by molar-refractivity contribution is 8.03. The van der Waals surface area contributed by atoms with Gasteiger partial charge >= 0.3 is 0 Å². The zero-order chi connectivity index (χ0) is 21.5. The second kappa shape index (κ2) is 7.88. The van der Waals surface area contributed by atoms with Crippen LogP contribution in [-0.4, -0.2) is 35.9 Å². The summed E-state index contributed by atoms with van der Waals surface area (Å²) in [5, 5.41) is 22.4. The molecule has 1 N–H and O–H groups in total. The van der Waals surface area contributed by atoms with E-state index in [-0.39, 0.29) is 18.1 Å². The van der Waals surface area contributed by atoms with E-state index in [1.807, 2.05) is 0 Å². The van der Waals surface area contributed by atoms with Crippen LogP contribution in [0.1, 0.15) is 23.5 Å². The number of nitriles is 1. The zero-order valence-electron chi connectivity index (χ0n) is 16.4. The molecule has 1 amide bonds. The second-order valence-corrected chi connectivity index (χ2v) is 8.44. The molecule has 154 valence electrons. The molecular formula is C22H19ClN2O4S. The molecule has 0 aliphatic carbocycles. The van der Waals surface area contributed by atoms with Gasteiger partial charge in [0.15, 0.2) is 5.72 Å². The number of ether oxygens (including phenoxy) is 2. The molecule has 0 radical (unpaired) electrons. The van der Waals surface area contributed by atoms with Crippen molar-refractivity contribution in [1.29, 1.82) is 5.26 Å². The largest absolute Gasteiger partial charge is 0.497 e. The van der Waals surface area contributed by atoms with E-state index in [0.29, 0.717) is 38.3 Å². The number of fused-ring (bicyclic) bond motifs is 1. The minimum Gasteiger partial charge on any atom is -0.497 e. The number of benzene rings is 2. The molecule has 2 aromatic carbocycles. The molecule has 4 rings (SSSR count). The van der Waals surface area contributed by atoms with Crippen molar-refractivity contribution in [2.75, 3.05) is 20.0 Å². The maximum absolute atomic E-state index is 13.2. The molecule has 0 unspecified atom stereocenters. The van der Waals surface area contributed by atoms with Gasteiger partial charge in [-0.05, 0) is 30.3 Å². The lowest BCUT2D eigenvalue weighted by Gasteiger charge is -2.38. The van der Waals surface area contributed by atoms with Gasteiger partial charge in [0.2, 0.25) is 5.91 Å². The molecule has 0 bridgehead atoms. The molecule has 0 aromatic heterocycles. The fourth-order valence-corrected chi connectivity index (χ4v) is 5.42. The molecular weight excluding hydrogens is 424 g/mol.